The van der Waals surface area contributed by atoms with E-state index in [4.69, 9.17) is 0 Å². The van der Waals surface area contributed by atoms with Crippen LogP contribution < -0.4 is 10.9 Å². The summed E-state index contributed by atoms with van der Waals surface area (Å²) in [6.07, 6.45) is 8.22. The molecule has 0 aliphatic heterocycles. The average molecular weight is 337 g/mol. The smallest absolute Gasteiger partial charge is 0.293 e. The minimum atomic E-state index is -0.424. The predicted molar refractivity (Wildman–Crippen MR) is 96.1 cm³/mol. The van der Waals surface area contributed by atoms with E-state index in [-0.39, 0.29) is 17.3 Å². The second kappa shape index (κ2) is 6.14. The van der Waals surface area contributed by atoms with Crippen molar-refractivity contribution in [1.82, 2.24) is 9.55 Å². The number of amides is 1. The molecule has 2 saturated carbocycles. The van der Waals surface area contributed by atoms with Crippen molar-refractivity contribution in [2.45, 2.75) is 32.1 Å². The van der Waals surface area contributed by atoms with E-state index in [2.05, 4.69) is 22.4 Å². The lowest BCUT2D eigenvalue weighted by Gasteiger charge is -2.36. The lowest BCUT2D eigenvalue weighted by Crippen LogP contribution is -2.43. The maximum atomic E-state index is 13.3. The van der Waals surface area contributed by atoms with Gasteiger partial charge in [0.15, 0.2) is 5.82 Å². The molecule has 0 saturated heterocycles. The molecule has 1 N–H and O–H groups in total. The molecule has 1 aromatic heterocycles. The van der Waals surface area contributed by atoms with Crippen molar-refractivity contribution in [2.24, 2.45) is 24.3 Å². The molecule has 2 bridgehead atoms. The number of nitrogens with one attached hydrogen (secondary N) is 1. The molecule has 0 spiro atoms. The number of hydrogen-bond donors (Lipinski definition) is 1. The van der Waals surface area contributed by atoms with Crippen LogP contribution in [0.2, 0.25) is 0 Å². The van der Waals surface area contributed by atoms with Crippen molar-refractivity contribution < 1.29 is 4.79 Å². The van der Waals surface area contributed by atoms with Crippen LogP contribution in [0.15, 0.2) is 47.5 Å². The molecule has 5 heteroatoms. The van der Waals surface area contributed by atoms with Crippen molar-refractivity contribution in [3.8, 4) is 0 Å². The van der Waals surface area contributed by atoms with E-state index >= 15 is 0 Å². The van der Waals surface area contributed by atoms with Crippen molar-refractivity contribution in [2.75, 3.05) is 5.32 Å². The summed E-state index contributed by atoms with van der Waals surface area (Å²) >= 11 is 0. The average Bonchev–Trinajstić information content (AvgIpc) is 3.21. The summed E-state index contributed by atoms with van der Waals surface area (Å²) in [6, 6.07) is 10.2. The highest BCUT2D eigenvalue weighted by molar-refractivity contribution is 5.95. The zero-order valence-electron chi connectivity index (χ0n) is 14.4. The number of carbonyl (C=O) groups is 1. The van der Waals surface area contributed by atoms with Gasteiger partial charge in [-0.15, -0.1) is 0 Å². The number of carbonyl (C=O) groups excluding carboxylic acids is 1. The number of rotatable bonds is 4. The van der Waals surface area contributed by atoms with Gasteiger partial charge in [0, 0.05) is 19.4 Å². The van der Waals surface area contributed by atoms with Gasteiger partial charge in [-0.1, -0.05) is 36.8 Å². The predicted octanol–water partition coefficient (Wildman–Crippen LogP) is 2.77. The highest BCUT2D eigenvalue weighted by Gasteiger charge is 2.55. The SMILES string of the molecule is Cn1ccnc(NC(=O)[C@]2(Cc3ccccc3)C[C@H]3CC[C@H]2C3)c1=O. The summed E-state index contributed by atoms with van der Waals surface area (Å²) in [5.74, 6) is 1.11. The van der Waals surface area contributed by atoms with Gasteiger partial charge in [-0.05, 0) is 43.1 Å². The monoisotopic (exact) mass is 337 g/mol. The molecular weight excluding hydrogens is 314 g/mol. The van der Waals surface area contributed by atoms with Gasteiger partial charge in [0.1, 0.15) is 0 Å². The fourth-order valence-corrected chi connectivity index (χ4v) is 4.79. The van der Waals surface area contributed by atoms with Gasteiger partial charge < -0.3 is 9.88 Å². The summed E-state index contributed by atoms with van der Waals surface area (Å²) < 4.78 is 1.44. The van der Waals surface area contributed by atoms with Gasteiger partial charge in [-0.2, -0.15) is 0 Å². The fraction of sp³-hybridized carbons (Fsp3) is 0.450. The first-order valence-corrected chi connectivity index (χ1v) is 8.95. The number of fused-ring (bicyclic) bond motifs is 2. The third kappa shape index (κ3) is 2.77. The lowest BCUT2D eigenvalue weighted by atomic mass is 9.68. The molecule has 130 valence electrons. The first-order chi connectivity index (χ1) is 12.1. The highest BCUT2D eigenvalue weighted by atomic mass is 16.2. The summed E-state index contributed by atoms with van der Waals surface area (Å²) in [4.78, 5) is 29.6. The molecule has 2 aliphatic rings. The number of benzene rings is 1. The summed E-state index contributed by atoms with van der Waals surface area (Å²) in [6.45, 7) is 0. The lowest BCUT2D eigenvalue weighted by molar-refractivity contribution is -0.128. The van der Waals surface area contributed by atoms with E-state index in [1.54, 1.807) is 19.4 Å². The normalized spacial score (nSPS) is 27.4. The quantitative estimate of drug-likeness (QED) is 0.933. The minimum Gasteiger partial charge on any atom is -0.314 e. The number of aryl methyl sites for hydroxylation is 1. The Morgan fingerprint density at radius 1 is 1.32 bits per heavy atom. The molecule has 2 aromatic rings. The Balaban J connectivity index is 1.65. The molecule has 0 unspecified atom stereocenters. The third-order valence-corrected chi connectivity index (χ3v) is 6.04. The summed E-state index contributed by atoms with van der Waals surface area (Å²) in [5, 5.41) is 2.86. The zero-order valence-corrected chi connectivity index (χ0v) is 14.4. The minimum absolute atomic E-state index is 0.0423. The van der Waals surface area contributed by atoms with E-state index < -0.39 is 5.41 Å². The molecule has 1 aromatic carbocycles. The van der Waals surface area contributed by atoms with Crippen LogP contribution in [-0.2, 0) is 18.3 Å². The van der Waals surface area contributed by atoms with Crippen LogP contribution in [0.1, 0.15) is 31.2 Å². The molecule has 1 amide bonds. The second-order valence-corrected chi connectivity index (χ2v) is 7.54. The van der Waals surface area contributed by atoms with Crippen molar-refractivity contribution >= 4 is 11.7 Å². The highest BCUT2D eigenvalue weighted by Crippen LogP contribution is 2.57. The maximum absolute atomic E-state index is 13.3. The number of nitrogens with zero attached hydrogens (tertiary/aromatic N) is 2. The van der Waals surface area contributed by atoms with Crippen molar-refractivity contribution in [1.29, 1.82) is 0 Å². The van der Waals surface area contributed by atoms with Gasteiger partial charge >= 0.3 is 0 Å². The van der Waals surface area contributed by atoms with Crippen LogP contribution >= 0.6 is 0 Å². The molecule has 3 atom stereocenters. The van der Waals surface area contributed by atoms with Crippen LogP contribution in [0.3, 0.4) is 0 Å². The molecule has 0 radical (unpaired) electrons. The van der Waals surface area contributed by atoms with Gasteiger partial charge in [0.25, 0.3) is 5.56 Å². The zero-order chi connectivity index (χ0) is 17.4. The Bertz CT molecular complexity index is 846. The Kier molecular flexibility index (Phi) is 3.94. The molecule has 25 heavy (non-hydrogen) atoms. The van der Waals surface area contributed by atoms with E-state index in [9.17, 15) is 9.59 Å². The second-order valence-electron chi connectivity index (χ2n) is 7.54. The van der Waals surface area contributed by atoms with Crippen LogP contribution in [0.4, 0.5) is 5.82 Å². The summed E-state index contributed by atoms with van der Waals surface area (Å²) in [5.41, 5.74) is 0.486. The van der Waals surface area contributed by atoms with Crippen LogP contribution in [-0.4, -0.2) is 15.5 Å². The fourth-order valence-electron chi connectivity index (χ4n) is 4.79. The van der Waals surface area contributed by atoms with Crippen LogP contribution in [0, 0.1) is 17.3 Å². The summed E-state index contributed by atoms with van der Waals surface area (Å²) in [7, 11) is 1.66. The third-order valence-electron chi connectivity index (χ3n) is 6.04. The maximum Gasteiger partial charge on any atom is 0.293 e. The number of hydrogen-bond acceptors (Lipinski definition) is 3. The van der Waals surface area contributed by atoms with Crippen LogP contribution in [0.25, 0.3) is 0 Å². The van der Waals surface area contributed by atoms with Gasteiger partial charge in [-0.25, -0.2) is 4.98 Å². The molecule has 2 fully saturated rings. The van der Waals surface area contributed by atoms with Crippen molar-refractivity contribution in [3.05, 3.63) is 58.6 Å². The Labute approximate surface area is 147 Å². The standard InChI is InChI=1S/C20H23N3O2/c1-23-10-9-21-17(18(23)24)22-19(25)20(12-14-5-3-2-4-6-14)13-15-7-8-16(20)11-15/h2-6,9-10,15-16H,7-8,11-13H2,1H3,(H,21,22,25)/t15-,16-,20+/m0/s1. The van der Waals surface area contributed by atoms with E-state index in [0.717, 1.165) is 25.7 Å². The van der Waals surface area contributed by atoms with Crippen LogP contribution in [0.5, 0.6) is 0 Å². The van der Waals surface area contributed by atoms with E-state index in [0.29, 0.717) is 11.8 Å². The largest absolute Gasteiger partial charge is 0.314 e. The first kappa shape index (κ1) is 16.1. The van der Waals surface area contributed by atoms with Gasteiger partial charge in [-0.3, -0.25) is 9.59 Å². The van der Waals surface area contributed by atoms with Gasteiger partial charge in [0.2, 0.25) is 5.91 Å². The van der Waals surface area contributed by atoms with Crippen molar-refractivity contribution in [3.63, 3.8) is 0 Å². The first-order valence-electron chi connectivity index (χ1n) is 8.95. The Morgan fingerprint density at radius 3 is 2.80 bits per heavy atom. The Morgan fingerprint density at radius 2 is 2.12 bits per heavy atom. The Hall–Kier alpha value is -2.43. The van der Waals surface area contributed by atoms with E-state index in [1.165, 1.54) is 16.6 Å². The molecule has 4 rings (SSSR count). The molecule has 2 aliphatic carbocycles. The molecule has 5 nitrogen and oxygen atoms in total. The van der Waals surface area contributed by atoms with Gasteiger partial charge in [0.05, 0.1) is 5.41 Å². The molecular formula is C20H23N3O2. The number of anilines is 1. The topological polar surface area (TPSA) is 64.0 Å². The van der Waals surface area contributed by atoms with E-state index in [1.807, 2.05) is 18.2 Å². The number of aromatic nitrogens is 2. The molecule has 1 heterocycles.